The molecule has 0 unspecified atom stereocenters. The van der Waals surface area contributed by atoms with E-state index in [1.54, 1.807) is 13.3 Å². The molecule has 1 N–H and O–H groups in total. The lowest BCUT2D eigenvalue weighted by atomic mass is 9.78. The Kier molecular flexibility index (Phi) is 5.40. The molecule has 4 heteroatoms. The van der Waals surface area contributed by atoms with E-state index in [-0.39, 0.29) is 6.04 Å². The molecule has 1 aliphatic heterocycles. The van der Waals surface area contributed by atoms with Crippen LogP contribution in [0.2, 0.25) is 0 Å². The van der Waals surface area contributed by atoms with Crippen LogP contribution in [-0.2, 0) is 0 Å². The molecule has 2 heterocycles. The number of likely N-dealkylation sites (N-methyl/N-ethyl adjacent to an activating group) is 1. The standard InChI is InChI=1S/C21H28N2O2/c1-5-14-11-20(23(3)13-15(14)6-2)21(24)17-9-10-22-19-8-7-16(25-4)12-18(17)19/h6-10,12,14-15,20-21,24H,2,5,11,13H2,1,3-4H3/t14-,15+,20+,21+/m1/s1. The smallest absolute Gasteiger partial charge is 0.119 e. The molecule has 25 heavy (non-hydrogen) atoms. The summed E-state index contributed by atoms with van der Waals surface area (Å²) in [7, 11) is 3.75. The largest absolute Gasteiger partial charge is 0.497 e. The summed E-state index contributed by atoms with van der Waals surface area (Å²) in [6.07, 6.45) is 5.37. The van der Waals surface area contributed by atoms with Gasteiger partial charge in [0.25, 0.3) is 0 Å². The van der Waals surface area contributed by atoms with Crippen LogP contribution in [0, 0.1) is 11.8 Å². The van der Waals surface area contributed by atoms with Crippen LogP contribution in [0.15, 0.2) is 43.1 Å². The third kappa shape index (κ3) is 3.42. The van der Waals surface area contributed by atoms with E-state index in [1.807, 2.05) is 24.3 Å². The van der Waals surface area contributed by atoms with Crippen LogP contribution < -0.4 is 4.74 Å². The first kappa shape index (κ1) is 17.9. The Morgan fingerprint density at radius 3 is 2.92 bits per heavy atom. The van der Waals surface area contributed by atoms with Crippen molar-refractivity contribution in [1.82, 2.24) is 9.88 Å². The van der Waals surface area contributed by atoms with E-state index in [2.05, 4.69) is 36.5 Å². The molecule has 0 bridgehead atoms. The second-order valence-electron chi connectivity index (χ2n) is 7.04. The summed E-state index contributed by atoms with van der Waals surface area (Å²) < 4.78 is 5.36. The van der Waals surface area contributed by atoms with Gasteiger partial charge < -0.3 is 9.84 Å². The van der Waals surface area contributed by atoms with Gasteiger partial charge in [0.2, 0.25) is 0 Å². The minimum Gasteiger partial charge on any atom is -0.497 e. The van der Waals surface area contributed by atoms with Crippen LogP contribution >= 0.6 is 0 Å². The highest BCUT2D eigenvalue weighted by Gasteiger charge is 2.36. The Morgan fingerprint density at radius 2 is 2.24 bits per heavy atom. The molecule has 1 aromatic carbocycles. The molecular weight excluding hydrogens is 312 g/mol. The molecule has 1 aliphatic rings. The Labute approximate surface area is 150 Å². The fourth-order valence-electron chi connectivity index (χ4n) is 4.13. The van der Waals surface area contributed by atoms with Crippen molar-refractivity contribution in [1.29, 1.82) is 0 Å². The average molecular weight is 340 g/mol. The number of ether oxygens (including phenoxy) is 1. The molecule has 4 atom stereocenters. The van der Waals surface area contributed by atoms with Crippen LogP contribution in [-0.4, -0.2) is 41.7 Å². The second kappa shape index (κ2) is 7.54. The first-order valence-corrected chi connectivity index (χ1v) is 9.02. The Bertz CT molecular complexity index is 746. The van der Waals surface area contributed by atoms with Gasteiger partial charge >= 0.3 is 0 Å². The molecule has 4 nitrogen and oxygen atoms in total. The molecule has 0 saturated carbocycles. The number of pyridine rings is 1. The van der Waals surface area contributed by atoms with E-state index in [0.29, 0.717) is 11.8 Å². The van der Waals surface area contributed by atoms with E-state index < -0.39 is 6.10 Å². The molecule has 0 amide bonds. The zero-order chi connectivity index (χ0) is 18.0. The molecular formula is C21H28N2O2. The van der Waals surface area contributed by atoms with Gasteiger partial charge in [-0.15, -0.1) is 6.58 Å². The van der Waals surface area contributed by atoms with Gasteiger partial charge in [-0.3, -0.25) is 9.88 Å². The molecule has 134 valence electrons. The number of piperidine rings is 1. The van der Waals surface area contributed by atoms with Crippen LogP contribution in [0.3, 0.4) is 0 Å². The van der Waals surface area contributed by atoms with Crippen molar-refractivity contribution in [2.24, 2.45) is 11.8 Å². The first-order valence-electron chi connectivity index (χ1n) is 9.02. The number of nitrogens with zero attached hydrogens (tertiary/aromatic N) is 2. The number of aliphatic hydroxyl groups excluding tert-OH is 1. The highest BCUT2D eigenvalue weighted by atomic mass is 16.5. The number of aliphatic hydroxyl groups is 1. The minimum absolute atomic E-state index is 0.0953. The van der Waals surface area contributed by atoms with Crippen molar-refractivity contribution < 1.29 is 9.84 Å². The van der Waals surface area contributed by atoms with E-state index in [1.165, 1.54) is 0 Å². The number of benzene rings is 1. The van der Waals surface area contributed by atoms with E-state index >= 15 is 0 Å². The van der Waals surface area contributed by atoms with Gasteiger partial charge in [0.05, 0.1) is 18.7 Å². The SMILES string of the molecule is C=C[C@H]1CN(C)[C@H]([C@@H](O)c2ccnc3ccc(OC)cc23)C[C@H]1CC. The Hall–Kier alpha value is -1.91. The fourth-order valence-corrected chi connectivity index (χ4v) is 4.13. The van der Waals surface area contributed by atoms with Gasteiger partial charge in [-0.2, -0.15) is 0 Å². The van der Waals surface area contributed by atoms with Gasteiger partial charge in [0, 0.05) is 24.2 Å². The molecule has 0 spiro atoms. The predicted octanol–water partition coefficient (Wildman–Crippen LogP) is 3.81. The minimum atomic E-state index is -0.553. The maximum atomic E-state index is 11.2. The molecule has 1 aromatic heterocycles. The summed E-state index contributed by atoms with van der Waals surface area (Å²) >= 11 is 0. The molecule has 1 fully saturated rings. The van der Waals surface area contributed by atoms with Crippen LogP contribution in [0.4, 0.5) is 0 Å². The summed E-state index contributed by atoms with van der Waals surface area (Å²) in [6, 6.07) is 7.84. The Balaban J connectivity index is 1.96. The summed E-state index contributed by atoms with van der Waals surface area (Å²) in [4.78, 5) is 6.70. The molecule has 0 aliphatic carbocycles. The quantitative estimate of drug-likeness (QED) is 0.841. The summed E-state index contributed by atoms with van der Waals surface area (Å²) in [5.41, 5.74) is 1.81. The van der Waals surface area contributed by atoms with Crippen molar-refractivity contribution >= 4 is 10.9 Å². The third-order valence-electron chi connectivity index (χ3n) is 5.71. The monoisotopic (exact) mass is 340 g/mol. The lowest BCUT2D eigenvalue weighted by Crippen LogP contribution is -2.47. The summed E-state index contributed by atoms with van der Waals surface area (Å²) in [6.45, 7) is 7.16. The number of aromatic nitrogens is 1. The lowest BCUT2D eigenvalue weighted by Gasteiger charge is -2.43. The first-order chi connectivity index (χ1) is 12.1. The van der Waals surface area contributed by atoms with Gasteiger partial charge in [0.1, 0.15) is 5.75 Å². The van der Waals surface area contributed by atoms with Crippen LogP contribution in [0.25, 0.3) is 10.9 Å². The topological polar surface area (TPSA) is 45.6 Å². The van der Waals surface area contributed by atoms with Crippen LogP contribution in [0.1, 0.15) is 31.4 Å². The van der Waals surface area contributed by atoms with E-state index in [4.69, 9.17) is 4.74 Å². The number of hydrogen-bond donors (Lipinski definition) is 1. The van der Waals surface area contributed by atoms with E-state index in [0.717, 1.165) is 41.6 Å². The average Bonchev–Trinajstić information content (AvgIpc) is 2.66. The predicted molar refractivity (Wildman–Crippen MR) is 102 cm³/mol. The van der Waals surface area contributed by atoms with Gasteiger partial charge in [-0.1, -0.05) is 19.4 Å². The van der Waals surface area contributed by atoms with Crippen LogP contribution in [0.5, 0.6) is 5.75 Å². The third-order valence-corrected chi connectivity index (χ3v) is 5.71. The summed E-state index contributed by atoms with van der Waals surface area (Å²) in [5.74, 6) is 1.84. The van der Waals surface area contributed by atoms with Crippen molar-refractivity contribution in [3.63, 3.8) is 0 Å². The highest BCUT2D eigenvalue weighted by Crippen LogP contribution is 2.37. The van der Waals surface area contributed by atoms with Gasteiger partial charge in [-0.05, 0) is 55.1 Å². The molecule has 3 rings (SSSR count). The van der Waals surface area contributed by atoms with Gasteiger partial charge in [-0.25, -0.2) is 0 Å². The number of methoxy groups -OCH3 is 1. The fraction of sp³-hybridized carbons (Fsp3) is 0.476. The number of hydrogen-bond acceptors (Lipinski definition) is 4. The van der Waals surface area contributed by atoms with Crippen molar-refractivity contribution in [2.75, 3.05) is 20.7 Å². The molecule has 1 saturated heterocycles. The maximum absolute atomic E-state index is 11.2. The number of likely N-dealkylation sites (tertiary alicyclic amines) is 1. The molecule has 0 radical (unpaired) electrons. The summed E-state index contributed by atoms with van der Waals surface area (Å²) in [5, 5.41) is 12.2. The highest BCUT2D eigenvalue weighted by molar-refractivity contribution is 5.83. The lowest BCUT2D eigenvalue weighted by molar-refractivity contribution is 0.00748. The number of fused-ring (bicyclic) bond motifs is 1. The van der Waals surface area contributed by atoms with E-state index in [9.17, 15) is 5.11 Å². The zero-order valence-corrected chi connectivity index (χ0v) is 15.4. The number of rotatable bonds is 5. The molecule has 2 aromatic rings. The van der Waals surface area contributed by atoms with Crippen molar-refractivity contribution in [3.05, 3.63) is 48.7 Å². The maximum Gasteiger partial charge on any atom is 0.119 e. The normalized spacial score (nSPS) is 25.7. The zero-order valence-electron chi connectivity index (χ0n) is 15.4. The second-order valence-corrected chi connectivity index (χ2v) is 7.04. The van der Waals surface area contributed by atoms with Crippen molar-refractivity contribution in [2.45, 2.75) is 31.9 Å². The van der Waals surface area contributed by atoms with Gasteiger partial charge in [0.15, 0.2) is 0 Å². The Morgan fingerprint density at radius 1 is 1.44 bits per heavy atom. The van der Waals surface area contributed by atoms with Crippen molar-refractivity contribution in [3.8, 4) is 5.75 Å².